The number of thiazole rings is 1. The third kappa shape index (κ3) is 3.42. The second-order valence-electron chi connectivity index (χ2n) is 5.38. The van der Waals surface area contributed by atoms with Crippen LogP contribution in [0.4, 0.5) is 14.5 Å². The van der Waals surface area contributed by atoms with Crippen molar-refractivity contribution in [3.8, 4) is 0 Å². The maximum absolute atomic E-state index is 13.7. The molecule has 0 unspecified atom stereocenters. The summed E-state index contributed by atoms with van der Waals surface area (Å²) in [6.45, 7) is 2.52. The Kier molecular flexibility index (Phi) is 4.61. The quantitative estimate of drug-likeness (QED) is 0.731. The molecule has 0 aliphatic heterocycles. The fourth-order valence-electron chi connectivity index (χ4n) is 2.46. The molecule has 1 heterocycles. The fourth-order valence-corrected chi connectivity index (χ4v) is 4.55. The van der Waals surface area contributed by atoms with Gasteiger partial charge in [0.05, 0.1) is 15.9 Å². The van der Waals surface area contributed by atoms with Gasteiger partial charge in [-0.05, 0) is 42.8 Å². The highest BCUT2D eigenvalue weighted by atomic mass is 32.2. The van der Waals surface area contributed by atoms with E-state index in [1.54, 1.807) is 10.6 Å². The van der Waals surface area contributed by atoms with Crippen LogP contribution in [0.25, 0.3) is 10.2 Å². The molecule has 0 fully saturated rings. The summed E-state index contributed by atoms with van der Waals surface area (Å²) in [4.78, 5) is 11.1. The number of sulfonamides is 1. The zero-order chi connectivity index (χ0) is 18.2. The van der Waals surface area contributed by atoms with Gasteiger partial charge in [0.25, 0.3) is 10.0 Å². The Morgan fingerprint density at radius 3 is 2.64 bits per heavy atom. The third-order valence-corrected chi connectivity index (χ3v) is 5.89. The molecule has 0 aliphatic carbocycles. The van der Waals surface area contributed by atoms with Gasteiger partial charge in [0.1, 0.15) is 16.5 Å². The highest BCUT2D eigenvalue weighted by molar-refractivity contribution is 7.92. The SMILES string of the molecule is CCCn1c(=O)sc2cc(NS(=O)(=O)c3cc(F)ccc3F)ccc21. The first kappa shape index (κ1) is 17.6. The Labute approximate surface area is 146 Å². The molecule has 9 heteroatoms. The van der Waals surface area contributed by atoms with Gasteiger partial charge in [-0.2, -0.15) is 0 Å². The first-order chi connectivity index (χ1) is 11.8. The molecule has 0 atom stereocenters. The van der Waals surface area contributed by atoms with Crippen LogP contribution in [0.15, 0.2) is 46.1 Å². The van der Waals surface area contributed by atoms with Crippen molar-refractivity contribution in [1.82, 2.24) is 4.57 Å². The van der Waals surface area contributed by atoms with Gasteiger partial charge in [0.15, 0.2) is 0 Å². The second-order valence-corrected chi connectivity index (χ2v) is 8.03. The lowest BCUT2D eigenvalue weighted by atomic mass is 10.3. The number of hydrogen-bond donors (Lipinski definition) is 1. The average Bonchev–Trinajstić information content (AvgIpc) is 2.85. The summed E-state index contributed by atoms with van der Waals surface area (Å²) >= 11 is 0.999. The topological polar surface area (TPSA) is 68.2 Å². The number of aromatic nitrogens is 1. The molecule has 0 saturated carbocycles. The zero-order valence-corrected chi connectivity index (χ0v) is 14.8. The van der Waals surface area contributed by atoms with Crippen molar-refractivity contribution in [3.63, 3.8) is 0 Å². The molecule has 3 rings (SSSR count). The van der Waals surface area contributed by atoms with Gasteiger partial charge in [-0.15, -0.1) is 0 Å². The van der Waals surface area contributed by atoms with E-state index in [9.17, 15) is 22.0 Å². The summed E-state index contributed by atoms with van der Waals surface area (Å²) in [7, 11) is -4.29. The number of nitrogens with one attached hydrogen (secondary N) is 1. The minimum absolute atomic E-state index is 0.131. The van der Waals surface area contributed by atoms with Crippen molar-refractivity contribution < 1.29 is 17.2 Å². The summed E-state index contributed by atoms with van der Waals surface area (Å²) in [5.41, 5.74) is 0.873. The molecule has 0 spiro atoms. The van der Waals surface area contributed by atoms with Crippen LogP contribution in [0.1, 0.15) is 13.3 Å². The molecule has 0 bridgehead atoms. The number of fused-ring (bicyclic) bond motifs is 1. The maximum Gasteiger partial charge on any atom is 0.308 e. The molecule has 132 valence electrons. The van der Waals surface area contributed by atoms with Crippen LogP contribution in [0.2, 0.25) is 0 Å². The van der Waals surface area contributed by atoms with Crippen LogP contribution in [0, 0.1) is 11.6 Å². The molecule has 25 heavy (non-hydrogen) atoms. The Balaban J connectivity index is 2.00. The molecule has 0 saturated heterocycles. The van der Waals surface area contributed by atoms with E-state index in [0.29, 0.717) is 22.8 Å². The molecular weight excluding hydrogens is 370 g/mol. The molecule has 0 amide bonds. The van der Waals surface area contributed by atoms with Crippen LogP contribution in [0.5, 0.6) is 0 Å². The summed E-state index contributed by atoms with van der Waals surface area (Å²) in [5, 5.41) is 0. The number of halogens is 2. The van der Waals surface area contributed by atoms with E-state index in [4.69, 9.17) is 0 Å². The van der Waals surface area contributed by atoms with Gasteiger partial charge in [-0.25, -0.2) is 17.2 Å². The molecule has 1 aromatic heterocycles. The second kappa shape index (κ2) is 6.57. The Morgan fingerprint density at radius 1 is 1.16 bits per heavy atom. The van der Waals surface area contributed by atoms with Gasteiger partial charge < -0.3 is 0 Å². The van der Waals surface area contributed by atoms with E-state index in [1.165, 1.54) is 12.1 Å². The molecule has 2 aromatic carbocycles. The van der Waals surface area contributed by atoms with E-state index in [-0.39, 0.29) is 10.6 Å². The maximum atomic E-state index is 13.7. The molecular formula is C16H14F2N2O3S2. The smallest absolute Gasteiger partial charge is 0.299 e. The summed E-state index contributed by atoms with van der Waals surface area (Å²) in [5.74, 6) is -1.90. The highest BCUT2D eigenvalue weighted by Gasteiger charge is 2.20. The van der Waals surface area contributed by atoms with Crippen LogP contribution in [-0.4, -0.2) is 13.0 Å². The largest absolute Gasteiger partial charge is 0.308 e. The summed E-state index contributed by atoms with van der Waals surface area (Å²) in [6.07, 6.45) is 0.791. The van der Waals surface area contributed by atoms with Crippen LogP contribution >= 0.6 is 11.3 Å². The average molecular weight is 384 g/mol. The molecule has 5 nitrogen and oxygen atoms in total. The lowest BCUT2D eigenvalue weighted by Crippen LogP contribution is -2.15. The first-order valence-electron chi connectivity index (χ1n) is 7.43. The lowest BCUT2D eigenvalue weighted by Gasteiger charge is -2.09. The monoisotopic (exact) mass is 384 g/mol. The van der Waals surface area contributed by atoms with E-state index < -0.39 is 26.6 Å². The number of benzene rings is 2. The fraction of sp³-hybridized carbons (Fsp3) is 0.188. The molecule has 0 aliphatic rings. The first-order valence-corrected chi connectivity index (χ1v) is 9.73. The highest BCUT2D eigenvalue weighted by Crippen LogP contribution is 2.25. The lowest BCUT2D eigenvalue weighted by molar-refractivity contribution is 0.555. The molecule has 1 N–H and O–H groups in total. The Bertz CT molecular complexity index is 1100. The van der Waals surface area contributed by atoms with Crippen molar-refractivity contribution in [2.45, 2.75) is 24.8 Å². The van der Waals surface area contributed by atoms with Crippen LogP contribution in [0.3, 0.4) is 0 Å². The van der Waals surface area contributed by atoms with Crippen molar-refractivity contribution in [2.75, 3.05) is 4.72 Å². The summed E-state index contributed by atoms with van der Waals surface area (Å²) in [6, 6.07) is 6.82. The van der Waals surface area contributed by atoms with Crippen molar-refractivity contribution >= 4 is 37.3 Å². The number of hydrogen-bond acceptors (Lipinski definition) is 4. The molecule has 3 aromatic rings. The number of anilines is 1. The van der Waals surface area contributed by atoms with Crippen LogP contribution < -0.4 is 9.60 Å². The predicted octanol–water partition coefficient (Wildman–Crippen LogP) is 3.55. The van der Waals surface area contributed by atoms with E-state index in [2.05, 4.69) is 4.72 Å². The van der Waals surface area contributed by atoms with Crippen LogP contribution in [-0.2, 0) is 16.6 Å². The van der Waals surface area contributed by atoms with E-state index in [1.807, 2.05) is 6.92 Å². The van der Waals surface area contributed by atoms with E-state index >= 15 is 0 Å². The van der Waals surface area contributed by atoms with E-state index in [0.717, 1.165) is 29.9 Å². The Morgan fingerprint density at radius 2 is 1.92 bits per heavy atom. The standard InChI is InChI=1S/C16H14F2N2O3S2/c1-2-7-20-13-6-4-11(9-14(13)24-16(20)21)19-25(22,23)15-8-10(17)3-5-12(15)18/h3-6,8-9,19H,2,7H2,1H3. The zero-order valence-electron chi connectivity index (χ0n) is 13.1. The normalized spacial score (nSPS) is 11.8. The number of rotatable bonds is 5. The van der Waals surface area contributed by atoms with Gasteiger partial charge in [-0.3, -0.25) is 14.1 Å². The van der Waals surface area contributed by atoms with Gasteiger partial charge in [0, 0.05) is 6.54 Å². The van der Waals surface area contributed by atoms with Gasteiger partial charge >= 0.3 is 4.87 Å². The molecule has 0 radical (unpaired) electrons. The van der Waals surface area contributed by atoms with Gasteiger partial charge in [-0.1, -0.05) is 18.3 Å². The van der Waals surface area contributed by atoms with Crippen molar-refractivity contribution in [3.05, 3.63) is 57.7 Å². The Hall–Kier alpha value is -2.26. The number of aryl methyl sites for hydroxylation is 1. The predicted molar refractivity (Wildman–Crippen MR) is 93.5 cm³/mol. The minimum Gasteiger partial charge on any atom is -0.299 e. The van der Waals surface area contributed by atoms with Crippen molar-refractivity contribution in [2.24, 2.45) is 0 Å². The third-order valence-electron chi connectivity index (χ3n) is 3.55. The van der Waals surface area contributed by atoms with Gasteiger partial charge in [0.2, 0.25) is 0 Å². The minimum atomic E-state index is -4.29. The van der Waals surface area contributed by atoms with Crippen molar-refractivity contribution in [1.29, 1.82) is 0 Å². The summed E-state index contributed by atoms with van der Waals surface area (Å²) < 4.78 is 56.0. The number of nitrogens with zero attached hydrogens (tertiary/aromatic N) is 1.